The van der Waals surface area contributed by atoms with E-state index >= 15 is 0 Å². The van der Waals surface area contributed by atoms with Crippen LogP contribution in [0.4, 0.5) is 0 Å². The van der Waals surface area contributed by atoms with Crippen molar-refractivity contribution in [1.29, 1.82) is 0 Å². The first-order valence-electron chi connectivity index (χ1n) is 6.94. The lowest BCUT2D eigenvalue weighted by Crippen LogP contribution is -2.07. The molecule has 0 fully saturated rings. The Balaban J connectivity index is 0.000000160. The van der Waals surface area contributed by atoms with Gasteiger partial charge in [0, 0.05) is 0 Å². The number of hydrogen-bond acceptors (Lipinski definition) is 0. The van der Waals surface area contributed by atoms with Gasteiger partial charge in [0.2, 0.25) is 0 Å². The zero-order valence-electron chi connectivity index (χ0n) is 11.4. The fourth-order valence-corrected chi connectivity index (χ4v) is 2.22. The molecular formula is C16H28. The predicted molar refractivity (Wildman–Crippen MR) is 73.4 cm³/mol. The van der Waals surface area contributed by atoms with Gasteiger partial charge in [-0.15, -0.1) is 0 Å². The minimum atomic E-state index is 0.823. The Labute approximate surface area is 102 Å². The van der Waals surface area contributed by atoms with Crippen LogP contribution in [0.15, 0.2) is 24.3 Å². The van der Waals surface area contributed by atoms with Crippen molar-refractivity contribution in [2.45, 2.75) is 53.4 Å². The summed E-state index contributed by atoms with van der Waals surface area (Å²) in [5.74, 6) is 3.42. The first-order chi connectivity index (χ1) is 7.59. The predicted octanol–water partition coefficient (Wildman–Crippen LogP) is 5.22. The Kier molecular flexibility index (Phi) is 5.87. The smallest absolute Gasteiger partial charge is 0.0236 e. The van der Waals surface area contributed by atoms with Crippen LogP contribution in [0.2, 0.25) is 0 Å². The largest absolute Gasteiger partial charge is 0.0882 e. The van der Waals surface area contributed by atoms with Crippen molar-refractivity contribution >= 4 is 0 Å². The monoisotopic (exact) mass is 220 g/mol. The molecule has 2 rings (SSSR count). The zero-order chi connectivity index (χ0) is 12.0. The van der Waals surface area contributed by atoms with Crippen LogP contribution in [0.1, 0.15) is 53.4 Å². The van der Waals surface area contributed by atoms with Crippen molar-refractivity contribution in [2.75, 3.05) is 0 Å². The number of allylic oxidation sites excluding steroid dienone is 4. The second kappa shape index (κ2) is 6.93. The van der Waals surface area contributed by atoms with Gasteiger partial charge in [0.15, 0.2) is 0 Å². The van der Waals surface area contributed by atoms with E-state index in [1.807, 2.05) is 0 Å². The van der Waals surface area contributed by atoms with E-state index in [-0.39, 0.29) is 0 Å². The summed E-state index contributed by atoms with van der Waals surface area (Å²) in [5.41, 5.74) is 0. The summed E-state index contributed by atoms with van der Waals surface area (Å²) in [6.07, 6.45) is 14.7. The minimum Gasteiger partial charge on any atom is -0.0882 e. The van der Waals surface area contributed by atoms with Gasteiger partial charge in [-0.2, -0.15) is 0 Å². The lowest BCUT2D eigenvalue weighted by molar-refractivity contribution is 0.413. The number of hydrogen-bond donors (Lipinski definition) is 0. The van der Waals surface area contributed by atoms with Crippen LogP contribution in [-0.2, 0) is 0 Å². The molecule has 4 atom stereocenters. The Bertz CT molecular complexity index is 224. The SMILES string of the molecule is CC1C=CC(C)CC1.CC1C=CCCC1C. The van der Waals surface area contributed by atoms with Crippen molar-refractivity contribution in [1.82, 2.24) is 0 Å². The van der Waals surface area contributed by atoms with Crippen LogP contribution in [0.3, 0.4) is 0 Å². The van der Waals surface area contributed by atoms with Crippen molar-refractivity contribution in [3.63, 3.8) is 0 Å². The third kappa shape index (κ3) is 5.01. The molecule has 0 aromatic rings. The molecule has 0 heteroatoms. The quantitative estimate of drug-likeness (QED) is 0.491. The van der Waals surface area contributed by atoms with E-state index < -0.39 is 0 Å². The minimum absolute atomic E-state index is 0.823. The van der Waals surface area contributed by atoms with Gasteiger partial charge in [-0.25, -0.2) is 0 Å². The van der Waals surface area contributed by atoms with Gasteiger partial charge in [0.25, 0.3) is 0 Å². The third-order valence-electron chi connectivity index (χ3n) is 3.97. The Morgan fingerprint density at radius 1 is 0.750 bits per heavy atom. The van der Waals surface area contributed by atoms with E-state index in [2.05, 4.69) is 52.0 Å². The fourth-order valence-electron chi connectivity index (χ4n) is 2.22. The van der Waals surface area contributed by atoms with E-state index in [1.165, 1.54) is 25.7 Å². The van der Waals surface area contributed by atoms with Crippen LogP contribution in [0, 0.1) is 23.7 Å². The number of rotatable bonds is 0. The topological polar surface area (TPSA) is 0 Å². The van der Waals surface area contributed by atoms with Gasteiger partial charge < -0.3 is 0 Å². The highest BCUT2D eigenvalue weighted by molar-refractivity contribution is 4.94. The van der Waals surface area contributed by atoms with Gasteiger partial charge in [-0.05, 0) is 49.4 Å². The Morgan fingerprint density at radius 3 is 1.62 bits per heavy atom. The molecule has 0 radical (unpaired) electrons. The molecule has 0 bridgehead atoms. The van der Waals surface area contributed by atoms with E-state index in [4.69, 9.17) is 0 Å². The van der Waals surface area contributed by atoms with Crippen LogP contribution in [0.25, 0.3) is 0 Å². The standard InChI is InChI=1S/2C8H14/c1-7-3-5-8(2)6-4-7;1-7-5-3-4-6-8(7)2/h2*3,5,7-8H,4,6H2,1-2H3. The average Bonchev–Trinajstić information content (AvgIpc) is 2.28. The van der Waals surface area contributed by atoms with Crippen molar-refractivity contribution in [3.05, 3.63) is 24.3 Å². The van der Waals surface area contributed by atoms with E-state index in [1.54, 1.807) is 0 Å². The third-order valence-corrected chi connectivity index (χ3v) is 3.97. The van der Waals surface area contributed by atoms with Gasteiger partial charge in [0.1, 0.15) is 0 Å². The van der Waals surface area contributed by atoms with Crippen LogP contribution < -0.4 is 0 Å². The highest BCUT2D eigenvalue weighted by atomic mass is 14.2. The summed E-state index contributed by atoms with van der Waals surface area (Å²) in [5, 5.41) is 0. The molecule has 2 aliphatic rings. The summed E-state index contributed by atoms with van der Waals surface area (Å²) in [6, 6.07) is 0. The van der Waals surface area contributed by atoms with Crippen molar-refractivity contribution in [2.24, 2.45) is 23.7 Å². The molecular weight excluding hydrogens is 192 g/mol. The molecule has 0 nitrogen and oxygen atoms in total. The summed E-state index contributed by atoms with van der Waals surface area (Å²) in [4.78, 5) is 0. The maximum absolute atomic E-state index is 2.33. The Morgan fingerprint density at radius 2 is 1.31 bits per heavy atom. The molecule has 0 spiro atoms. The second-order valence-corrected chi connectivity index (χ2v) is 5.76. The molecule has 0 saturated carbocycles. The second-order valence-electron chi connectivity index (χ2n) is 5.76. The van der Waals surface area contributed by atoms with Gasteiger partial charge in [0.05, 0.1) is 0 Å². The van der Waals surface area contributed by atoms with E-state index in [9.17, 15) is 0 Å². The van der Waals surface area contributed by atoms with E-state index in [0.29, 0.717) is 0 Å². The molecule has 0 aliphatic heterocycles. The normalized spacial score (nSPS) is 37.8. The molecule has 4 unspecified atom stereocenters. The maximum atomic E-state index is 2.33. The average molecular weight is 220 g/mol. The van der Waals surface area contributed by atoms with Crippen LogP contribution >= 0.6 is 0 Å². The Hall–Kier alpha value is -0.520. The first kappa shape index (κ1) is 13.5. The van der Waals surface area contributed by atoms with E-state index in [0.717, 1.165) is 23.7 Å². The molecule has 0 aromatic carbocycles. The van der Waals surface area contributed by atoms with Gasteiger partial charge >= 0.3 is 0 Å². The summed E-state index contributed by atoms with van der Waals surface area (Å²) in [6.45, 7) is 9.18. The highest BCUT2D eigenvalue weighted by Crippen LogP contribution is 2.22. The molecule has 0 amide bonds. The first-order valence-corrected chi connectivity index (χ1v) is 6.94. The van der Waals surface area contributed by atoms with Crippen molar-refractivity contribution in [3.8, 4) is 0 Å². The van der Waals surface area contributed by atoms with Crippen molar-refractivity contribution < 1.29 is 0 Å². The molecule has 0 heterocycles. The molecule has 0 aromatic heterocycles. The summed E-state index contributed by atoms with van der Waals surface area (Å²) < 4.78 is 0. The lowest BCUT2D eigenvalue weighted by Gasteiger charge is -2.19. The maximum Gasteiger partial charge on any atom is -0.0236 e. The summed E-state index contributed by atoms with van der Waals surface area (Å²) >= 11 is 0. The highest BCUT2D eigenvalue weighted by Gasteiger charge is 2.10. The van der Waals surface area contributed by atoms with Gasteiger partial charge in [-0.3, -0.25) is 0 Å². The van der Waals surface area contributed by atoms with Crippen LogP contribution in [0.5, 0.6) is 0 Å². The zero-order valence-corrected chi connectivity index (χ0v) is 11.4. The fraction of sp³-hybridized carbons (Fsp3) is 0.750. The molecule has 2 aliphatic carbocycles. The molecule has 0 N–H and O–H groups in total. The lowest BCUT2D eigenvalue weighted by atomic mass is 9.87. The van der Waals surface area contributed by atoms with Gasteiger partial charge in [-0.1, -0.05) is 52.0 Å². The molecule has 0 saturated heterocycles. The molecule has 92 valence electrons. The molecule has 16 heavy (non-hydrogen) atoms. The van der Waals surface area contributed by atoms with Crippen LogP contribution in [-0.4, -0.2) is 0 Å². The summed E-state index contributed by atoms with van der Waals surface area (Å²) in [7, 11) is 0.